The van der Waals surface area contributed by atoms with E-state index in [0.717, 1.165) is 6.20 Å². The van der Waals surface area contributed by atoms with Crippen LogP contribution in [-0.2, 0) is 11.1 Å². The van der Waals surface area contributed by atoms with E-state index in [-0.39, 0.29) is 47.8 Å². The molecule has 0 aliphatic heterocycles. The van der Waals surface area contributed by atoms with Crippen LogP contribution >= 0.6 is 19.4 Å². The summed E-state index contributed by atoms with van der Waals surface area (Å²) in [5.41, 5.74) is 0. The van der Waals surface area contributed by atoms with Crippen LogP contribution in [-0.4, -0.2) is 41.4 Å². The number of aliphatic hydroxyl groups is 1. The number of nitrogens with zero attached hydrogens (tertiary/aromatic N) is 3. The van der Waals surface area contributed by atoms with Gasteiger partial charge in [-0.05, 0) is 4.92 Å². The fourth-order valence-electron chi connectivity index (χ4n) is 1.09. The Bertz CT molecular complexity index is 471. The number of hydrogen-bond donors (Lipinski definition) is 3. The van der Waals surface area contributed by atoms with Gasteiger partial charge in [0, 0.05) is 6.92 Å². The Morgan fingerprint density at radius 1 is 1.60 bits per heavy atom. The molecule has 20 heavy (non-hydrogen) atoms. The molecule has 13 heteroatoms. The van der Waals surface area contributed by atoms with Crippen LogP contribution in [0.5, 0.6) is 0 Å². The molecule has 110 valence electrons. The Labute approximate surface area is 141 Å². The van der Waals surface area contributed by atoms with Gasteiger partial charge in [0.1, 0.15) is 18.8 Å². The van der Waals surface area contributed by atoms with Crippen LogP contribution in [0.3, 0.4) is 0 Å². The summed E-state index contributed by atoms with van der Waals surface area (Å²) in [5, 5.41) is 19.8. The Kier molecular flexibility index (Phi) is 10.9. The Morgan fingerprint density at radius 3 is 2.40 bits per heavy atom. The fraction of sp³-hybridized carbons (Fsp3) is 0.571. The van der Waals surface area contributed by atoms with Crippen LogP contribution in [0.4, 0.5) is 5.82 Å². The molecule has 0 spiro atoms. The van der Waals surface area contributed by atoms with Gasteiger partial charge in [0.05, 0.1) is 5.88 Å². The Morgan fingerprint density at radius 2 is 2.05 bits per heavy atom. The Balaban J connectivity index is 0. The first kappa shape index (κ1) is 22.3. The Hall–Kier alpha value is -0.0300. The number of phosphoric acid groups is 1. The molecule has 0 fully saturated rings. The number of aromatic nitrogens is 2. The number of nitro groups is 1. The van der Waals surface area contributed by atoms with Gasteiger partial charge in [-0.2, -0.15) is 0 Å². The number of aliphatic hydroxyl groups excluding tert-OH is 1. The third-order valence-corrected chi connectivity index (χ3v) is 2.15. The van der Waals surface area contributed by atoms with Gasteiger partial charge in [0.2, 0.25) is 0 Å². The summed E-state index contributed by atoms with van der Waals surface area (Å²) in [7, 11) is -4.89. The van der Waals surface area contributed by atoms with Crippen molar-refractivity contribution in [1.29, 1.82) is 0 Å². The van der Waals surface area contributed by atoms with Gasteiger partial charge in [-0.25, -0.2) is 9.55 Å². The van der Waals surface area contributed by atoms with Crippen molar-refractivity contribution in [3.63, 3.8) is 0 Å². The van der Waals surface area contributed by atoms with E-state index in [9.17, 15) is 15.2 Å². The summed E-state index contributed by atoms with van der Waals surface area (Å²) in [6.45, 7) is 1.72. The van der Waals surface area contributed by atoms with Crippen molar-refractivity contribution in [1.82, 2.24) is 9.55 Å². The SMILES string of the molecule is Cc1ncc([N+](=O)[O-])n1CC(O)CCl.O=P([O-])(O)O.[Na+]. The molecule has 0 saturated carbocycles. The van der Waals surface area contributed by atoms with Gasteiger partial charge in [-0.1, -0.05) is 0 Å². The van der Waals surface area contributed by atoms with Gasteiger partial charge < -0.3 is 29.9 Å². The monoisotopic (exact) mass is 339 g/mol. The standard InChI is InChI=1S/C7H10ClN3O3.Na.H3O4P/c1-5-9-3-7(11(13)14)10(5)4-6(12)2-8;;1-5(2,3)4/h3,6,12H,2,4H2,1H3;;(H3,1,2,3,4)/q;+1;/p-1. The van der Waals surface area contributed by atoms with E-state index >= 15 is 0 Å². The molecule has 0 aliphatic rings. The predicted molar refractivity (Wildman–Crippen MR) is 62.4 cm³/mol. The van der Waals surface area contributed by atoms with Crippen LogP contribution in [0, 0.1) is 17.0 Å². The summed E-state index contributed by atoms with van der Waals surface area (Å²) in [4.78, 5) is 36.7. The molecule has 0 saturated heterocycles. The molecule has 0 bridgehead atoms. The van der Waals surface area contributed by atoms with E-state index in [1.54, 1.807) is 6.92 Å². The van der Waals surface area contributed by atoms with Crippen molar-refractivity contribution >= 4 is 25.2 Å². The number of halogens is 1. The quantitative estimate of drug-likeness (QED) is 0.165. The molecular weight excluding hydrogens is 328 g/mol. The number of aryl methyl sites for hydroxylation is 1. The molecule has 0 aromatic carbocycles. The van der Waals surface area contributed by atoms with Gasteiger partial charge in [-0.3, -0.25) is 4.57 Å². The molecule has 10 nitrogen and oxygen atoms in total. The minimum absolute atomic E-state index is 0. The minimum Gasteiger partial charge on any atom is -0.756 e. The van der Waals surface area contributed by atoms with E-state index in [2.05, 4.69) is 4.98 Å². The van der Waals surface area contributed by atoms with Crippen LogP contribution in [0.2, 0.25) is 0 Å². The predicted octanol–water partition coefficient (Wildman–Crippen LogP) is -3.86. The van der Waals surface area contributed by atoms with Gasteiger partial charge >= 0.3 is 35.4 Å². The average Bonchev–Trinajstić information content (AvgIpc) is 2.58. The first-order valence-corrected chi connectivity index (χ1v) is 6.79. The summed E-state index contributed by atoms with van der Waals surface area (Å²) in [6, 6.07) is 0. The third kappa shape index (κ3) is 9.81. The van der Waals surface area contributed by atoms with Crippen molar-refractivity contribution < 1.29 is 58.8 Å². The molecule has 0 amide bonds. The van der Waals surface area contributed by atoms with Crippen LogP contribution in [0.1, 0.15) is 5.82 Å². The molecule has 1 aromatic rings. The maximum absolute atomic E-state index is 10.5. The molecule has 1 rings (SSSR count). The third-order valence-electron chi connectivity index (χ3n) is 1.79. The van der Waals surface area contributed by atoms with Crippen LogP contribution < -0.4 is 34.5 Å². The zero-order chi connectivity index (χ0) is 15.2. The second kappa shape index (κ2) is 9.82. The molecule has 0 aliphatic carbocycles. The second-order valence-corrected chi connectivity index (χ2v) is 4.62. The number of hydrogen-bond acceptors (Lipinski definition) is 6. The zero-order valence-corrected chi connectivity index (χ0v) is 14.4. The van der Waals surface area contributed by atoms with Gasteiger partial charge in [0.25, 0.3) is 7.82 Å². The smallest absolute Gasteiger partial charge is 0.756 e. The number of alkyl halides is 1. The van der Waals surface area contributed by atoms with Gasteiger partial charge in [-0.15, -0.1) is 11.6 Å². The zero-order valence-electron chi connectivity index (χ0n) is 10.7. The topological polar surface area (TPSA) is 162 Å². The fourth-order valence-corrected chi connectivity index (χ4v) is 1.18. The number of imidazole rings is 1. The summed E-state index contributed by atoms with van der Waals surface area (Å²) in [6.07, 6.45) is 0.360. The van der Waals surface area contributed by atoms with E-state index < -0.39 is 18.8 Å². The molecule has 1 unspecified atom stereocenters. The second-order valence-electron chi connectivity index (χ2n) is 3.33. The number of rotatable bonds is 4. The van der Waals surface area contributed by atoms with Crippen molar-refractivity contribution in [2.45, 2.75) is 19.6 Å². The summed E-state index contributed by atoms with van der Waals surface area (Å²) >= 11 is 5.40. The molecular formula is C7H12ClN3NaO7P. The van der Waals surface area contributed by atoms with Crippen LogP contribution in [0.25, 0.3) is 0 Å². The molecule has 3 N–H and O–H groups in total. The van der Waals surface area contributed by atoms with Gasteiger partial charge in [0.15, 0.2) is 5.82 Å². The van der Waals surface area contributed by atoms with E-state index in [1.165, 1.54) is 4.57 Å². The van der Waals surface area contributed by atoms with Crippen molar-refractivity contribution in [3.8, 4) is 0 Å². The first-order chi connectivity index (χ1) is 8.56. The van der Waals surface area contributed by atoms with Crippen LogP contribution in [0.15, 0.2) is 6.20 Å². The minimum atomic E-state index is -4.89. The largest absolute Gasteiger partial charge is 1.00 e. The first-order valence-electron chi connectivity index (χ1n) is 4.73. The molecule has 0 radical (unpaired) electrons. The maximum Gasteiger partial charge on any atom is 1.00 e. The molecule has 1 atom stereocenters. The van der Waals surface area contributed by atoms with E-state index in [4.69, 9.17) is 30.8 Å². The normalized spacial score (nSPS) is 11.9. The molecule has 1 aromatic heterocycles. The van der Waals surface area contributed by atoms with E-state index in [1.807, 2.05) is 0 Å². The summed E-state index contributed by atoms with van der Waals surface area (Å²) < 4.78 is 10.1. The maximum atomic E-state index is 10.5. The summed E-state index contributed by atoms with van der Waals surface area (Å²) in [5.74, 6) is 0.391. The van der Waals surface area contributed by atoms with Crippen molar-refractivity contribution in [3.05, 3.63) is 22.1 Å². The average molecular weight is 340 g/mol. The van der Waals surface area contributed by atoms with E-state index in [0.29, 0.717) is 5.82 Å². The molecule has 1 heterocycles. The van der Waals surface area contributed by atoms with Crippen molar-refractivity contribution in [2.24, 2.45) is 0 Å². The van der Waals surface area contributed by atoms with Crippen molar-refractivity contribution in [2.75, 3.05) is 5.88 Å².